The van der Waals surface area contributed by atoms with Gasteiger partial charge in [0.15, 0.2) is 0 Å². The molecule has 2 heterocycles. The molecule has 0 bridgehead atoms. The molecule has 0 aliphatic carbocycles. The number of nitrogens with one attached hydrogen (secondary N) is 3. The van der Waals surface area contributed by atoms with Crippen LogP contribution in [0, 0.1) is 5.41 Å². The fourth-order valence-corrected chi connectivity index (χ4v) is 4.57. The van der Waals surface area contributed by atoms with Crippen molar-refractivity contribution >= 4 is 63.3 Å². The van der Waals surface area contributed by atoms with Gasteiger partial charge in [-0.2, -0.15) is 0 Å². The Balaban J connectivity index is 1.68. The van der Waals surface area contributed by atoms with Gasteiger partial charge in [0.1, 0.15) is 5.75 Å². The molecule has 0 radical (unpaired) electrons. The number of anilines is 4. The number of benzene rings is 2. The van der Waals surface area contributed by atoms with E-state index in [4.69, 9.17) is 21.7 Å². The van der Waals surface area contributed by atoms with Crippen molar-refractivity contribution in [2.45, 2.75) is 13.5 Å². The van der Waals surface area contributed by atoms with Gasteiger partial charge >= 0.3 is 0 Å². The van der Waals surface area contributed by atoms with Crippen molar-refractivity contribution in [3.05, 3.63) is 89.4 Å². The number of rotatable bonds is 11. The number of pyridine rings is 2. The van der Waals surface area contributed by atoms with E-state index in [2.05, 4.69) is 20.6 Å². The number of likely N-dealkylation sites (N-methyl/N-ethyl adjacent to an activating group) is 1. The molecule has 0 aliphatic rings. The van der Waals surface area contributed by atoms with Crippen LogP contribution >= 0.6 is 11.6 Å². The van der Waals surface area contributed by atoms with E-state index in [1.54, 1.807) is 53.8 Å². The quantitative estimate of drug-likeness (QED) is 0.154. The summed E-state index contributed by atoms with van der Waals surface area (Å²) in [5.74, 6) is -0.0140. The lowest BCUT2D eigenvalue weighted by molar-refractivity contribution is -0.116. The molecule has 2 aromatic carbocycles. The Kier molecular flexibility index (Phi) is 9.85. The highest BCUT2D eigenvalue weighted by Gasteiger charge is 2.18. The lowest BCUT2D eigenvalue weighted by Crippen LogP contribution is -2.28. The molecule has 0 spiro atoms. The Morgan fingerprint density at radius 3 is 2.60 bits per heavy atom. The maximum atomic E-state index is 12.6. The number of halogens is 1. The minimum absolute atomic E-state index is 0.159. The third kappa shape index (κ3) is 7.28. The molecule has 0 aliphatic heterocycles. The number of amides is 2. The van der Waals surface area contributed by atoms with E-state index in [0.717, 1.165) is 5.56 Å². The summed E-state index contributed by atoms with van der Waals surface area (Å²) in [4.78, 5) is 37.3. The fourth-order valence-electron chi connectivity index (χ4n) is 4.28. The van der Waals surface area contributed by atoms with Crippen molar-refractivity contribution in [2.75, 3.05) is 43.3 Å². The van der Waals surface area contributed by atoms with E-state index in [9.17, 15) is 9.59 Å². The summed E-state index contributed by atoms with van der Waals surface area (Å²) in [7, 11) is 5.35. The van der Waals surface area contributed by atoms with Crippen LogP contribution in [0.3, 0.4) is 0 Å². The van der Waals surface area contributed by atoms with Gasteiger partial charge in [-0.1, -0.05) is 23.7 Å². The molecule has 0 saturated heterocycles. The molecule has 2 aromatic heterocycles. The lowest BCUT2D eigenvalue weighted by Gasteiger charge is -2.23. The summed E-state index contributed by atoms with van der Waals surface area (Å²) in [6.45, 7) is 2.43. The van der Waals surface area contributed by atoms with Gasteiger partial charge in [0, 0.05) is 67.1 Å². The Bertz CT molecular complexity index is 1640. The number of hydrogen-bond donors (Lipinski definition) is 3. The maximum absolute atomic E-state index is 12.6. The second-order valence-corrected chi connectivity index (χ2v) is 10.1. The van der Waals surface area contributed by atoms with Crippen LogP contribution in [0.1, 0.15) is 18.1 Å². The minimum Gasteiger partial charge on any atom is -0.494 e. The summed E-state index contributed by atoms with van der Waals surface area (Å²) in [6, 6.07) is 12.5. The van der Waals surface area contributed by atoms with Crippen LogP contribution in [0.4, 0.5) is 22.7 Å². The molecular weight excluding hydrogens is 554 g/mol. The van der Waals surface area contributed by atoms with Crippen LogP contribution in [0.5, 0.6) is 5.75 Å². The standard InChI is InChI=1S/C31H32ClN7O3/c1-20(40)39(19-21-7-5-11-34-17-21)28-10-9-23(13-25(28)32)36-31-22(16-33)18-35-26-15-29(42-4)27(14-24(26)31)37-30(41)8-6-12-38(2)3/h5-11,13-18,33H,12,19H2,1-4H3,(H,35,36)(H,37,41)/b8-6+,33-16?. The average molecular weight is 586 g/mol. The van der Waals surface area contributed by atoms with Gasteiger partial charge < -0.3 is 30.6 Å². The van der Waals surface area contributed by atoms with E-state index >= 15 is 0 Å². The Morgan fingerprint density at radius 1 is 1.14 bits per heavy atom. The van der Waals surface area contributed by atoms with Gasteiger partial charge in [-0.25, -0.2) is 0 Å². The van der Waals surface area contributed by atoms with Crippen LogP contribution in [-0.2, 0) is 16.1 Å². The predicted molar refractivity (Wildman–Crippen MR) is 168 cm³/mol. The van der Waals surface area contributed by atoms with E-state index < -0.39 is 0 Å². The number of ether oxygens (including phenoxy) is 1. The zero-order chi connectivity index (χ0) is 30.2. The Morgan fingerprint density at radius 2 is 1.95 bits per heavy atom. The molecule has 3 N–H and O–H groups in total. The summed E-state index contributed by atoms with van der Waals surface area (Å²) < 4.78 is 5.52. The number of methoxy groups -OCH3 is 1. The molecule has 2 amide bonds. The van der Waals surface area contributed by atoms with E-state index in [1.807, 2.05) is 37.2 Å². The normalized spacial score (nSPS) is 11.1. The van der Waals surface area contributed by atoms with Crippen LogP contribution in [0.15, 0.2) is 73.2 Å². The molecule has 10 nitrogen and oxygen atoms in total. The maximum Gasteiger partial charge on any atom is 0.248 e. The predicted octanol–water partition coefficient (Wildman–Crippen LogP) is 5.64. The third-order valence-electron chi connectivity index (χ3n) is 6.32. The first-order chi connectivity index (χ1) is 20.2. The largest absolute Gasteiger partial charge is 0.494 e. The molecule has 0 unspecified atom stereocenters. The zero-order valence-corrected chi connectivity index (χ0v) is 24.6. The van der Waals surface area contributed by atoms with Gasteiger partial charge in [0.25, 0.3) is 0 Å². The van der Waals surface area contributed by atoms with Crippen molar-refractivity contribution < 1.29 is 14.3 Å². The number of carbonyl (C=O) groups is 2. The summed E-state index contributed by atoms with van der Waals surface area (Å²) in [6.07, 6.45) is 9.40. The first-order valence-corrected chi connectivity index (χ1v) is 13.4. The topological polar surface area (TPSA) is 124 Å². The summed E-state index contributed by atoms with van der Waals surface area (Å²) in [5, 5.41) is 15.2. The highest BCUT2D eigenvalue weighted by Crippen LogP contribution is 2.37. The first-order valence-electron chi connectivity index (χ1n) is 13.1. The minimum atomic E-state index is -0.302. The zero-order valence-electron chi connectivity index (χ0n) is 23.8. The molecule has 0 saturated carbocycles. The summed E-state index contributed by atoms with van der Waals surface area (Å²) in [5.41, 5.74) is 4.24. The van der Waals surface area contributed by atoms with E-state index in [-0.39, 0.29) is 11.8 Å². The number of hydrogen-bond acceptors (Lipinski definition) is 8. The molecule has 0 fully saturated rings. The van der Waals surface area contributed by atoms with Crippen molar-refractivity contribution in [2.24, 2.45) is 0 Å². The fraction of sp³-hybridized carbons (Fsp3) is 0.194. The van der Waals surface area contributed by atoms with Crippen molar-refractivity contribution in [1.82, 2.24) is 14.9 Å². The smallest absolute Gasteiger partial charge is 0.248 e. The second-order valence-electron chi connectivity index (χ2n) is 9.71. The van der Waals surface area contributed by atoms with Crippen LogP contribution in [0.2, 0.25) is 5.02 Å². The number of fused-ring (bicyclic) bond motifs is 1. The monoisotopic (exact) mass is 585 g/mol. The Hall–Kier alpha value is -4.80. The Labute approximate surface area is 249 Å². The van der Waals surface area contributed by atoms with Gasteiger partial charge in [0.05, 0.1) is 41.3 Å². The van der Waals surface area contributed by atoms with Crippen LogP contribution in [0.25, 0.3) is 10.9 Å². The van der Waals surface area contributed by atoms with Crippen molar-refractivity contribution in [3.8, 4) is 5.75 Å². The molecule has 4 aromatic rings. The van der Waals surface area contributed by atoms with Gasteiger partial charge in [-0.3, -0.25) is 19.6 Å². The molecular formula is C31H32ClN7O3. The highest BCUT2D eigenvalue weighted by atomic mass is 35.5. The van der Waals surface area contributed by atoms with Gasteiger partial charge in [0.2, 0.25) is 11.8 Å². The molecule has 11 heteroatoms. The third-order valence-corrected chi connectivity index (χ3v) is 6.63. The summed E-state index contributed by atoms with van der Waals surface area (Å²) >= 11 is 6.70. The molecule has 216 valence electrons. The highest BCUT2D eigenvalue weighted by molar-refractivity contribution is 6.34. The molecule has 0 atom stereocenters. The van der Waals surface area contributed by atoms with Gasteiger partial charge in [-0.15, -0.1) is 0 Å². The van der Waals surface area contributed by atoms with Crippen LogP contribution in [-0.4, -0.2) is 60.6 Å². The van der Waals surface area contributed by atoms with Crippen molar-refractivity contribution in [3.63, 3.8) is 0 Å². The van der Waals surface area contributed by atoms with Crippen molar-refractivity contribution in [1.29, 1.82) is 5.41 Å². The first kappa shape index (κ1) is 30.2. The average Bonchev–Trinajstić information content (AvgIpc) is 2.96. The SMILES string of the molecule is COc1cc2ncc(C=N)c(Nc3ccc(N(Cc4cccnc4)C(C)=O)c(Cl)c3)c2cc1NC(=O)/C=C/CN(C)C. The lowest BCUT2D eigenvalue weighted by atomic mass is 10.1. The number of aromatic nitrogens is 2. The second kappa shape index (κ2) is 13.7. The molecule has 4 rings (SSSR count). The van der Waals surface area contributed by atoms with E-state index in [0.29, 0.717) is 63.1 Å². The van der Waals surface area contributed by atoms with E-state index in [1.165, 1.54) is 26.3 Å². The molecule has 42 heavy (non-hydrogen) atoms. The van der Waals surface area contributed by atoms with Gasteiger partial charge in [-0.05, 0) is 50.0 Å². The number of carbonyl (C=O) groups excluding carboxylic acids is 2. The number of nitrogens with zero attached hydrogens (tertiary/aromatic N) is 4. The van der Waals surface area contributed by atoms with Crippen LogP contribution < -0.4 is 20.3 Å².